The molecule has 0 amide bonds. The lowest BCUT2D eigenvalue weighted by Gasteiger charge is -2.32. The molecule has 2 saturated heterocycles. The highest BCUT2D eigenvalue weighted by molar-refractivity contribution is 8.14. The zero-order valence-corrected chi connectivity index (χ0v) is 13.5. The van der Waals surface area contributed by atoms with Crippen LogP contribution in [-0.2, 0) is 4.74 Å². The van der Waals surface area contributed by atoms with Crippen LogP contribution in [0.3, 0.4) is 0 Å². The van der Waals surface area contributed by atoms with Crippen LogP contribution in [0.2, 0.25) is 0 Å². The molecule has 0 aromatic rings. The number of nitrogens with one attached hydrogen (secondary N) is 1. The third-order valence-electron chi connectivity index (χ3n) is 5.14. The zero-order chi connectivity index (χ0) is 13.8. The highest BCUT2D eigenvalue weighted by Crippen LogP contribution is 2.33. The van der Waals surface area contributed by atoms with Crippen molar-refractivity contribution in [3.05, 3.63) is 0 Å². The van der Waals surface area contributed by atoms with E-state index in [0.717, 1.165) is 44.4 Å². The molecule has 20 heavy (non-hydrogen) atoms. The monoisotopic (exact) mass is 296 g/mol. The number of nitrogens with zero attached hydrogens (tertiary/aromatic N) is 1. The van der Waals surface area contributed by atoms with Crippen LogP contribution in [0.5, 0.6) is 0 Å². The summed E-state index contributed by atoms with van der Waals surface area (Å²) < 4.78 is 5.47. The smallest absolute Gasteiger partial charge is 0.157 e. The number of hydrogen-bond acceptors (Lipinski definition) is 3. The van der Waals surface area contributed by atoms with Crippen molar-refractivity contribution in [1.29, 1.82) is 0 Å². The summed E-state index contributed by atoms with van der Waals surface area (Å²) in [6, 6.07) is 0. The molecule has 4 heteroatoms. The van der Waals surface area contributed by atoms with Gasteiger partial charge in [-0.2, -0.15) is 0 Å². The van der Waals surface area contributed by atoms with Gasteiger partial charge in [-0.25, -0.2) is 0 Å². The second-order valence-electron chi connectivity index (χ2n) is 6.92. The van der Waals surface area contributed by atoms with E-state index in [9.17, 15) is 0 Å². The van der Waals surface area contributed by atoms with Crippen LogP contribution < -0.4 is 5.32 Å². The van der Waals surface area contributed by atoms with Crippen LogP contribution in [0.4, 0.5) is 0 Å². The minimum absolute atomic E-state index is 0.293. The summed E-state index contributed by atoms with van der Waals surface area (Å²) in [6.45, 7) is 5.22. The van der Waals surface area contributed by atoms with E-state index in [2.05, 4.69) is 12.2 Å². The lowest BCUT2D eigenvalue weighted by molar-refractivity contribution is 0.0555. The first-order valence-corrected chi connectivity index (χ1v) is 9.27. The van der Waals surface area contributed by atoms with Crippen LogP contribution in [0.25, 0.3) is 0 Å². The molecule has 0 aromatic heterocycles. The molecule has 1 N–H and O–H groups in total. The van der Waals surface area contributed by atoms with Crippen LogP contribution in [0.1, 0.15) is 51.9 Å². The van der Waals surface area contributed by atoms with E-state index in [1.807, 2.05) is 11.8 Å². The third kappa shape index (κ3) is 3.70. The van der Waals surface area contributed by atoms with Crippen molar-refractivity contribution in [2.75, 3.05) is 25.5 Å². The zero-order valence-electron chi connectivity index (χ0n) is 12.7. The fraction of sp³-hybridized carbons (Fsp3) is 0.938. The summed E-state index contributed by atoms with van der Waals surface area (Å²) in [7, 11) is 0. The molecular weight excluding hydrogens is 268 g/mol. The van der Waals surface area contributed by atoms with Crippen molar-refractivity contribution in [3.63, 3.8) is 0 Å². The molecule has 1 spiro atoms. The summed E-state index contributed by atoms with van der Waals surface area (Å²) >= 11 is 1.92. The van der Waals surface area contributed by atoms with E-state index in [0.29, 0.717) is 5.54 Å². The summed E-state index contributed by atoms with van der Waals surface area (Å²) in [5, 5.41) is 4.88. The standard InChI is InChI=1S/C16H28N2OS/c1-13-3-2-4-14(11-13)5-8-17-15-18-16(12-20-15)6-9-19-10-7-16/h13-14H,2-12H2,1H3,(H,17,18). The van der Waals surface area contributed by atoms with Crippen molar-refractivity contribution < 1.29 is 4.74 Å². The summed E-state index contributed by atoms with van der Waals surface area (Å²) in [6.07, 6.45) is 9.28. The number of ether oxygens (including phenoxy) is 1. The fourth-order valence-electron chi connectivity index (χ4n) is 3.79. The minimum Gasteiger partial charge on any atom is -0.381 e. The van der Waals surface area contributed by atoms with Gasteiger partial charge in [0.15, 0.2) is 5.17 Å². The van der Waals surface area contributed by atoms with Crippen molar-refractivity contribution in [2.45, 2.75) is 57.4 Å². The maximum absolute atomic E-state index is 5.47. The molecule has 0 radical (unpaired) electrons. The van der Waals surface area contributed by atoms with Gasteiger partial charge in [-0.15, -0.1) is 0 Å². The predicted molar refractivity (Wildman–Crippen MR) is 86.4 cm³/mol. The first-order chi connectivity index (χ1) is 9.76. The second kappa shape index (κ2) is 6.69. The highest BCUT2D eigenvalue weighted by Gasteiger charge is 2.38. The molecule has 3 fully saturated rings. The Hall–Kier alpha value is -0.220. The average molecular weight is 296 g/mol. The number of aliphatic imine (C=N–C) groups is 1. The topological polar surface area (TPSA) is 33.6 Å². The van der Waals surface area contributed by atoms with Gasteiger partial charge in [0.25, 0.3) is 0 Å². The van der Waals surface area contributed by atoms with Gasteiger partial charge in [-0.1, -0.05) is 37.9 Å². The van der Waals surface area contributed by atoms with Gasteiger partial charge in [-0.05, 0) is 37.5 Å². The van der Waals surface area contributed by atoms with Gasteiger partial charge in [0.2, 0.25) is 0 Å². The number of rotatable bonds is 3. The summed E-state index contributed by atoms with van der Waals surface area (Å²) in [5.74, 6) is 3.03. The lowest BCUT2D eigenvalue weighted by Crippen LogP contribution is -2.48. The van der Waals surface area contributed by atoms with E-state index in [1.54, 1.807) is 0 Å². The van der Waals surface area contributed by atoms with Crippen molar-refractivity contribution in [3.8, 4) is 0 Å². The summed E-state index contributed by atoms with van der Waals surface area (Å²) in [4.78, 5) is 4.82. The first kappa shape index (κ1) is 14.7. The van der Waals surface area contributed by atoms with E-state index in [1.165, 1.54) is 43.0 Å². The van der Waals surface area contributed by atoms with Crippen LogP contribution >= 0.6 is 11.8 Å². The number of amidine groups is 1. The minimum atomic E-state index is 0.293. The largest absolute Gasteiger partial charge is 0.381 e. The van der Waals surface area contributed by atoms with Crippen LogP contribution in [-0.4, -0.2) is 36.2 Å². The summed E-state index contributed by atoms with van der Waals surface area (Å²) in [5.41, 5.74) is 0.293. The molecule has 2 aliphatic heterocycles. The molecule has 2 atom stereocenters. The number of hydrogen-bond donors (Lipinski definition) is 1. The van der Waals surface area contributed by atoms with E-state index in [4.69, 9.17) is 9.73 Å². The fourth-order valence-corrected chi connectivity index (χ4v) is 5.04. The highest BCUT2D eigenvalue weighted by atomic mass is 32.2. The molecule has 3 rings (SSSR count). The predicted octanol–water partition coefficient (Wildman–Crippen LogP) is 3.44. The Kier molecular flexibility index (Phi) is 4.92. The molecule has 1 aliphatic carbocycles. The molecule has 114 valence electrons. The molecule has 3 aliphatic rings. The Morgan fingerprint density at radius 3 is 3.00 bits per heavy atom. The van der Waals surface area contributed by atoms with Gasteiger partial charge in [-0.3, -0.25) is 4.99 Å². The van der Waals surface area contributed by atoms with Gasteiger partial charge in [0.1, 0.15) is 0 Å². The Labute approximate surface area is 127 Å². The Bertz CT molecular complexity index is 352. The third-order valence-corrected chi connectivity index (χ3v) is 6.35. The van der Waals surface area contributed by atoms with Gasteiger partial charge in [0.05, 0.1) is 5.54 Å². The molecule has 2 heterocycles. The Balaban J connectivity index is 1.43. The maximum Gasteiger partial charge on any atom is 0.157 e. The number of thioether (sulfide) groups is 1. The lowest BCUT2D eigenvalue weighted by atomic mass is 9.81. The molecule has 0 bridgehead atoms. The van der Waals surface area contributed by atoms with E-state index >= 15 is 0 Å². The van der Waals surface area contributed by atoms with Crippen molar-refractivity contribution >= 4 is 16.9 Å². The Morgan fingerprint density at radius 1 is 1.35 bits per heavy atom. The quantitative estimate of drug-likeness (QED) is 0.866. The molecular formula is C16H28N2OS. The molecule has 3 nitrogen and oxygen atoms in total. The first-order valence-electron chi connectivity index (χ1n) is 8.29. The van der Waals surface area contributed by atoms with Crippen LogP contribution in [0, 0.1) is 11.8 Å². The van der Waals surface area contributed by atoms with E-state index < -0.39 is 0 Å². The van der Waals surface area contributed by atoms with E-state index in [-0.39, 0.29) is 0 Å². The van der Waals surface area contributed by atoms with Crippen molar-refractivity contribution in [2.24, 2.45) is 16.8 Å². The molecule has 2 unspecified atom stereocenters. The molecule has 0 aromatic carbocycles. The van der Waals surface area contributed by atoms with Gasteiger partial charge >= 0.3 is 0 Å². The Morgan fingerprint density at radius 2 is 2.20 bits per heavy atom. The second-order valence-corrected chi connectivity index (χ2v) is 7.88. The maximum atomic E-state index is 5.47. The van der Waals surface area contributed by atoms with Crippen molar-refractivity contribution in [1.82, 2.24) is 5.32 Å². The van der Waals surface area contributed by atoms with Crippen LogP contribution in [0.15, 0.2) is 4.99 Å². The normalized spacial score (nSPS) is 35.4. The average Bonchev–Trinajstić information content (AvgIpc) is 2.83. The SMILES string of the molecule is CC1CCCC(CCN=C2NC3(CCOCC3)CS2)C1. The van der Waals surface area contributed by atoms with Gasteiger partial charge < -0.3 is 10.1 Å². The molecule has 1 saturated carbocycles. The van der Waals surface area contributed by atoms with Gasteiger partial charge in [0, 0.05) is 25.5 Å².